The van der Waals surface area contributed by atoms with Gasteiger partial charge in [0.1, 0.15) is 5.75 Å². The Morgan fingerprint density at radius 1 is 1.21 bits per heavy atom. The van der Waals surface area contributed by atoms with E-state index in [9.17, 15) is 0 Å². The van der Waals surface area contributed by atoms with Crippen molar-refractivity contribution < 1.29 is 4.74 Å². The third-order valence-electron chi connectivity index (χ3n) is 3.09. The maximum atomic E-state index is 6.27. The Balaban J connectivity index is 2.01. The van der Waals surface area contributed by atoms with E-state index in [1.54, 1.807) is 6.20 Å². The van der Waals surface area contributed by atoms with E-state index in [-0.39, 0.29) is 6.04 Å². The smallest absolute Gasteiger partial charge is 0.124 e. The maximum Gasteiger partial charge on any atom is 0.124 e. The van der Waals surface area contributed by atoms with E-state index in [0.29, 0.717) is 6.61 Å². The van der Waals surface area contributed by atoms with Crippen LogP contribution in [0, 0.1) is 0 Å². The van der Waals surface area contributed by atoms with Crippen LogP contribution >= 0.6 is 0 Å². The van der Waals surface area contributed by atoms with Crippen molar-refractivity contribution in [1.29, 1.82) is 0 Å². The summed E-state index contributed by atoms with van der Waals surface area (Å²) in [6.07, 6.45) is 5.49. The number of para-hydroxylation sites is 1. The van der Waals surface area contributed by atoms with Crippen LogP contribution in [-0.4, -0.2) is 11.6 Å². The molecule has 3 nitrogen and oxygen atoms in total. The minimum atomic E-state index is -0.0112. The molecule has 2 aromatic rings. The molecule has 2 rings (SSSR count). The highest BCUT2D eigenvalue weighted by molar-refractivity contribution is 5.35. The van der Waals surface area contributed by atoms with Crippen LogP contribution < -0.4 is 10.5 Å². The quantitative estimate of drug-likeness (QED) is 0.864. The van der Waals surface area contributed by atoms with Crippen molar-refractivity contribution in [2.75, 3.05) is 6.61 Å². The number of rotatable bonds is 6. The summed E-state index contributed by atoms with van der Waals surface area (Å²) in [5.41, 5.74) is 8.57. The van der Waals surface area contributed by atoms with Crippen molar-refractivity contribution in [2.24, 2.45) is 5.73 Å². The van der Waals surface area contributed by atoms with Crippen LogP contribution in [0.25, 0.3) is 0 Å². The molecule has 0 aliphatic carbocycles. The van der Waals surface area contributed by atoms with Crippen molar-refractivity contribution in [2.45, 2.75) is 25.8 Å². The summed E-state index contributed by atoms with van der Waals surface area (Å²) in [4.78, 5) is 4.12. The second-order valence-corrected chi connectivity index (χ2v) is 4.48. The van der Waals surface area contributed by atoms with Gasteiger partial charge in [0.2, 0.25) is 0 Å². The van der Waals surface area contributed by atoms with E-state index in [0.717, 1.165) is 24.2 Å². The van der Waals surface area contributed by atoms with Gasteiger partial charge < -0.3 is 10.5 Å². The molecule has 3 heteroatoms. The first-order chi connectivity index (χ1) is 9.31. The van der Waals surface area contributed by atoms with Gasteiger partial charge in [0.05, 0.1) is 6.61 Å². The lowest BCUT2D eigenvalue weighted by Gasteiger charge is -2.16. The van der Waals surface area contributed by atoms with E-state index >= 15 is 0 Å². The minimum absolute atomic E-state index is 0.0112. The first-order valence-electron chi connectivity index (χ1n) is 6.67. The summed E-state index contributed by atoms with van der Waals surface area (Å²) in [5, 5.41) is 0. The van der Waals surface area contributed by atoms with Crippen LogP contribution in [0.3, 0.4) is 0 Å². The zero-order chi connectivity index (χ0) is 13.5. The predicted molar refractivity (Wildman–Crippen MR) is 77.1 cm³/mol. The fraction of sp³-hybridized carbons (Fsp3) is 0.312. The highest BCUT2D eigenvalue weighted by Gasteiger charge is 2.11. The molecule has 0 aliphatic rings. The molecule has 0 saturated carbocycles. The summed E-state index contributed by atoms with van der Waals surface area (Å²) < 4.78 is 5.62. The number of aromatic nitrogens is 1. The Hall–Kier alpha value is -1.87. The lowest BCUT2D eigenvalue weighted by molar-refractivity contribution is 0.333. The van der Waals surface area contributed by atoms with Crippen molar-refractivity contribution >= 4 is 0 Å². The topological polar surface area (TPSA) is 48.1 Å². The lowest BCUT2D eigenvalue weighted by atomic mass is 9.99. The number of hydrogen-bond donors (Lipinski definition) is 1. The number of ether oxygens (including phenoxy) is 1. The van der Waals surface area contributed by atoms with Crippen LogP contribution in [0.1, 0.15) is 30.5 Å². The van der Waals surface area contributed by atoms with Gasteiger partial charge in [-0.25, -0.2) is 0 Å². The predicted octanol–water partition coefficient (Wildman–Crippen LogP) is 3.11. The van der Waals surface area contributed by atoms with Crippen LogP contribution in [-0.2, 0) is 6.42 Å². The van der Waals surface area contributed by atoms with E-state index in [1.807, 2.05) is 43.5 Å². The number of aryl methyl sites for hydroxylation is 1. The Morgan fingerprint density at radius 3 is 2.79 bits per heavy atom. The molecule has 0 spiro atoms. The molecule has 0 fully saturated rings. The molecule has 100 valence electrons. The molecule has 1 heterocycles. The average molecular weight is 256 g/mol. The second-order valence-electron chi connectivity index (χ2n) is 4.48. The third-order valence-corrected chi connectivity index (χ3v) is 3.09. The number of benzene rings is 1. The Bertz CT molecular complexity index is 499. The molecule has 0 saturated heterocycles. The zero-order valence-corrected chi connectivity index (χ0v) is 11.3. The van der Waals surface area contributed by atoms with Gasteiger partial charge in [-0.3, -0.25) is 4.98 Å². The molecular formula is C16H20N2O. The van der Waals surface area contributed by atoms with E-state index < -0.39 is 0 Å². The molecule has 2 N–H and O–H groups in total. The van der Waals surface area contributed by atoms with Gasteiger partial charge in [0.25, 0.3) is 0 Å². The molecule has 19 heavy (non-hydrogen) atoms. The number of nitrogens with two attached hydrogens (primary N) is 1. The minimum Gasteiger partial charge on any atom is -0.494 e. The van der Waals surface area contributed by atoms with Crippen LogP contribution in [0.15, 0.2) is 48.8 Å². The fourth-order valence-corrected chi connectivity index (χ4v) is 2.10. The van der Waals surface area contributed by atoms with E-state index in [2.05, 4.69) is 11.1 Å². The molecule has 0 bridgehead atoms. The fourth-order valence-electron chi connectivity index (χ4n) is 2.10. The third kappa shape index (κ3) is 3.80. The van der Waals surface area contributed by atoms with Gasteiger partial charge in [0.15, 0.2) is 0 Å². The highest BCUT2D eigenvalue weighted by Crippen LogP contribution is 2.26. The SMILES string of the molecule is CCOc1ccccc1C(N)CCc1cccnc1. The molecule has 1 aromatic heterocycles. The highest BCUT2D eigenvalue weighted by atomic mass is 16.5. The standard InChI is InChI=1S/C16H20N2O/c1-2-19-16-8-4-3-7-14(16)15(17)10-9-13-6-5-11-18-12-13/h3-8,11-12,15H,2,9-10,17H2,1H3. The van der Waals surface area contributed by atoms with Crippen LogP contribution in [0.5, 0.6) is 5.75 Å². The summed E-state index contributed by atoms with van der Waals surface area (Å²) in [5.74, 6) is 0.892. The molecule has 0 radical (unpaired) electrons. The van der Waals surface area contributed by atoms with Crippen molar-refractivity contribution in [3.63, 3.8) is 0 Å². The van der Waals surface area contributed by atoms with Crippen molar-refractivity contribution in [3.8, 4) is 5.75 Å². The summed E-state index contributed by atoms with van der Waals surface area (Å²) in [6, 6.07) is 12.0. The van der Waals surface area contributed by atoms with Gasteiger partial charge in [-0.15, -0.1) is 0 Å². The zero-order valence-electron chi connectivity index (χ0n) is 11.3. The van der Waals surface area contributed by atoms with Crippen molar-refractivity contribution in [1.82, 2.24) is 4.98 Å². The van der Waals surface area contributed by atoms with Gasteiger partial charge in [-0.2, -0.15) is 0 Å². The second kappa shape index (κ2) is 6.90. The van der Waals surface area contributed by atoms with Gasteiger partial charge in [0, 0.05) is 24.0 Å². The molecule has 0 amide bonds. The molecular weight excluding hydrogens is 236 g/mol. The summed E-state index contributed by atoms with van der Waals surface area (Å²) in [6.45, 7) is 2.64. The number of pyridine rings is 1. The van der Waals surface area contributed by atoms with Crippen molar-refractivity contribution in [3.05, 3.63) is 59.9 Å². The molecule has 1 unspecified atom stereocenters. The summed E-state index contributed by atoms with van der Waals surface area (Å²) >= 11 is 0. The average Bonchev–Trinajstić information content (AvgIpc) is 2.47. The van der Waals surface area contributed by atoms with Gasteiger partial charge >= 0.3 is 0 Å². The molecule has 0 aliphatic heterocycles. The monoisotopic (exact) mass is 256 g/mol. The van der Waals surface area contributed by atoms with Gasteiger partial charge in [-0.1, -0.05) is 24.3 Å². The molecule has 1 aromatic carbocycles. The number of hydrogen-bond acceptors (Lipinski definition) is 3. The van der Waals surface area contributed by atoms with Crippen LogP contribution in [0.4, 0.5) is 0 Å². The number of nitrogens with zero attached hydrogens (tertiary/aromatic N) is 1. The van der Waals surface area contributed by atoms with Crippen LogP contribution in [0.2, 0.25) is 0 Å². The molecule has 1 atom stereocenters. The first-order valence-corrected chi connectivity index (χ1v) is 6.67. The lowest BCUT2D eigenvalue weighted by Crippen LogP contribution is -2.13. The van der Waals surface area contributed by atoms with E-state index in [1.165, 1.54) is 5.56 Å². The largest absolute Gasteiger partial charge is 0.494 e. The Labute approximate surface area is 114 Å². The normalized spacial score (nSPS) is 12.1. The van der Waals surface area contributed by atoms with E-state index in [4.69, 9.17) is 10.5 Å². The summed E-state index contributed by atoms with van der Waals surface area (Å²) in [7, 11) is 0. The Kier molecular flexibility index (Phi) is 4.93. The first kappa shape index (κ1) is 13.6. The Morgan fingerprint density at radius 2 is 2.05 bits per heavy atom. The van der Waals surface area contributed by atoms with Gasteiger partial charge in [-0.05, 0) is 37.5 Å². The maximum absolute atomic E-state index is 6.27.